The summed E-state index contributed by atoms with van der Waals surface area (Å²) in [6.45, 7) is 1.90. The predicted molar refractivity (Wildman–Crippen MR) is 80.9 cm³/mol. The number of nitrogens with zero attached hydrogens (tertiary/aromatic N) is 2. The third kappa shape index (κ3) is 2.48. The van der Waals surface area contributed by atoms with Gasteiger partial charge in [0.25, 0.3) is 0 Å². The Bertz CT molecular complexity index is 768. The number of halogens is 2. The zero-order valence-electron chi connectivity index (χ0n) is 10.0. The summed E-state index contributed by atoms with van der Waals surface area (Å²) in [6, 6.07) is 3.04. The van der Waals surface area contributed by atoms with E-state index in [1.165, 1.54) is 6.07 Å². The number of nitrogens with one attached hydrogen (secondary N) is 1. The standard InChI is InChI=1S/C11H11ClIN3O2S/c1-11(2-3-11)15-19(17,18)7-4-8-10(13)14-6-16(8)9(12)5-7/h4-6,15H,2-3H2,1H3. The topological polar surface area (TPSA) is 63.5 Å². The molecular weight excluding hydrogens is 401 g/mol. The Hall–Kier alpha value is -0.380. The van der Waals surface area contributed by atoms with Gasteiger partial charge in [-0.15, -0.1) is 0 Å². The Balaban J connectivity index is 2.12. The largest absolute Gasteiger partial charge is 0.288 e. The third-order valence-corrected chi connectivity index (χ3v) is 5.96. The van der Waals surface area contributed by atoms with Crippen molar-refractivity contribution in [2.45, 2.75) is 30.2 Å². The van der Waals surface area contributed by atoms with Crippen LogP contribution in [0, 0.1) is 3.70 Å². The van der Waals surface area contributed by atoms with E-state index >= 15 is 0 Å². The van der Waals surface area contributed by atoms with Crippen molar-refractivity contribution in [1.29, 1.82) is 0 Å². The SMILES string of the molecule is CC1(NS(=O)(=O)c2cc(Cl)n3cnc(I)c3c2)CC1. The van der Waals surface area contributed by atoms with Crippen molar-refractivity contribution in [3.8, 4) is 0 Å². The van der Waals surface area contributed by atoms with Crippen molar-refractivity contribution >= 4 is 49.7 Å². The van der Waals surface area contributed by atoms with Gasteiger partial charge in [0.15, 0.2) is 0 Å². The molecule has 1 aliphatic rings. The second-order valence-electron chi connectivity index (χ2n) is 4.97. The Kier molecular flexibility index (Phi) is 3.08. The van der Waals surface area contributed by atoms with Gasteiger partial charge in [0.2, 0.25) is 10.0 Å². The van der Waals surface area contributed by atoms with Crippen molar-refractivity contribution in [2.75, 3.05) is 0 Å². The highest BCUT2D eigenvalue weighted by molar-refractivity contribution is 14.1. The molecule has 3 rings (SSSR count). The lowest BCUT2D eigenvalue weighted by atomic mass is 10.4. The average Bonchev–Trinajstić information content (AvgIpc) is 2.89. The van der Waals surface area contributed by atoms with E-state index in [0.717, 1.165) is 12.8 Å². The van der Waals surface area contributed by atoms with Crippen LogP contribution >= 0.6 is 34.2 Å². The Morgan fingerprint density at radius 3 is 2.79 bits per heavy atom. The number of pyridine rings is 1. The van der Waals surface area contributed by atoms with E-state index in [2.05, 4.69) is 9.71 Å². The number of imidazole rings is 1. The first-order chi connectivity index (χ1) is 8.81. The van der Waals surface area contributed by atoms with Crippen LogP contribution in [0.15, 0.2) is 23.4 Å². The van der Waals surface area contributed by atoms with Crippen molar-refractivity contribution in [3.05, 3.63) is 27.3 Å². The first-order valence-electron chi connectivity index (χ1n) is 5.67. The molecule has 102 valence electrons. The molecule has 0 bridgehead atoms. The predicted octanol–water partition coefficient (Wildman–Crippen LogP) is 2.42. The van der Waals surface area contributed by atoms with Crippen LogP contribution in [-0.4, -0.2) is 23.3 Å². The van der Waals surface area contributed by atoms with E-state index < -0.39 is 10.0 Å². The maximum absolute atomic E-state index is 12.3. The fraction of sp³-hybridized carbons (Fsp3) is 0.364. The van der Waals surface area contributed by atoms with E-state index in [-0.39, 0.29) is 10.4 Å². The summed E-state index contributed by atoms with van der Waals surface area (Å²) in [5.41, 5.74) is 0.389. The van der Waals surface area contributed by atoms with Gasteiger partial charge >= 0.3 is 0 Å². The Morgan fingerprint density at radius 2 is 2.16 bits per heavy atom. The zero-order chi connectivity index (χ0) is 13.8. The molecule has 1 saturated carbocycles. The number of aromatic nitrogens is 2. The molecule has 0 saturated heterocycles. The monoisotopic (exact) mass is 411 g/mol. The minimum absolute atomic E-state index is 0.177. The summed E-state index contributed by atoms with van der Waals surface area (Å²) in [4.78, 5) is 4.29. The number of fused-ring (bicyclic) bond motifs is 1. The van der Waals surface area contributed by atoms with Gasteiger partial charge < -0.3 is 0 Å². The van der Waals surface area contributed by atoms with Crippen molar-refractivity contribution in [2.24, 2.45) is 0 Å². The van der Waals surface area contributed by atoms with Crippen LogP contribution in [0.25, 0.3) is 5.52 Å². The van der Waals surface area contributed by atoms with Gasteiger partial charge in [0.1, 0.15) is 15.2 Å². The minimum Gasteiger partial charge on any atom is -0.288 e. The molecule has 5 nitrogen and oxygen atoms in total. The first-order valence-corrected chi connectivity index (χ1v) is 8.61. The fourth-order valence-electron chi connectivity index (χ4n) is 1.83. The van der Waals surface area contributed by atoms with Gasteiger partial charge in [0, 0.05) is 5.54 Å². The lowest BCUT2D eigenvalue weighted by Crippen LogP contribution is -2.34. The van der Waals surface area contributed by atoms with Gasteiger partial charge in [0.05, 0.1) is 10.4 Å². The summed E-state index contributed by atoms with van der Waals surface area (Å²) < 4.78 is 29.7. The lowest BCUT2D eigenvalue weighted by Gasteiger charge is -2.13. The normalized spacial score (nSPS) is 17.8. The maximum Gasteiger partial charge on any atom is 0.241 e. The zero-order valence-corrected chi connectivity index (χ0v) is 13.8. The molecular formula is C11H11ClIN3O2S. The molecule has 2 aromatic heterocycles. The number of hydrogen-bond acceptors (Lipinski definition) is 3. The molecule has 0 atom stereocenters. The van der Waals surface area contributed by atoms with Crippen molar-refractivity contribution in [1.82, 2.24) is 14.1 Å². The van der Waals surface area contributed by atoms with E-state index in [1.807, 2.05) is 29.5 Å². The van der Waals surface area contributed by atoms with Gasteiger partial charge in [-0.25, -0.2) is 18.1 Å². The lowest BCUT2D eigenvalue weighted by molar-refractivity contribution is 0.558. The first kappa shape index (κ1) is 13.6. The van der Waals surface area contributed by atoms with Gasteiger partial charge in [-0.3, -0.25) is 4.40 Å². The molecule has 2 aromatic rings. The summed E-state index contributed by atoms with van der Waals surface area (Å²) in [7, 11) is -3.54. The number of hydrogen-bond donors (Lipinski definition) is 1. The second kappa shape index (κ2) is 4.31. The minimum atomic E-state index is -3.54. The van der Waals surface area contributed by atoms with E-state index in [0.29, 0.717) is 14.4 Å². The summed E-state index contributed by atoms with van der Waals surface area (Å²) >= 11 is 8.15. The molecule has 1 N–H and O–H groups in total. The smallest absolute Gasteiger partial charge is 0.241 e. The van der Waals surface area contributed by atoms with Crippen LogP contribution in [0.1, 0.15) is 19.8 Å². The third-order valence-electron chi connectivity index (χ3n) is 3.22. The molecule has 8 heteroatoms. The molecule has 0 unspecified atom stereocenters. The molecule has 0 aromatic carbocycles. The highest BCUT2D eigenvalue weighted by Crippen LogP contribution is 2.36. The fourth-order valence-corrected chi connectivity index (χ4v) is 4.19. The van der Waals surface area contributed by atoms with E-state index in [1.54, 1.807) is 16.8 Å². The maximum atomic E-state index is 12.3. The molecule has 19 heavy (non-hydrogen) atoms. The molecule has 0 aliphatic heterocycles. The van der Waals surface area contributed by atoms with Crippen molar-refractivity contribution < 1.29 is 8.42 Å². The van der Waals surface area contributed by atoms with Gasteiger partial charge in [-0.2, -0.15) is 0 Å². The van der Waals surface area contributed by atoms with Crippen LogP contribution in [-0.2, 0) is 10.0 Å². The van der Waals surface area contributed by atoms with E-state index in [9.17, 15) is 8.42 Å². The van der Waals surface area contributed by atoms with Crippen molar-refractivity contribution in [3.63, 3.8) is 0 Å². The van der Waals surface area contributed by atoms with Crippen LogP contribution in [0.4, 0.5) is 0 Å². The quantitative estimate of drug-likeness (QED) is 0.623. The Labute approximate surface area is 129 Å². The van der Waals surface area contributed by atoms with Gasteiger partial charge in [-0.1, -0.05) is 11.6 Å². The average molecular weight is 412 g/mol. The van der Waals surface area contributed by atoms with Crippen LogP contribution in [0.2, 0.25) is 5.15 Å². The molecule has 1 aliphatic carbocycles. The summed E-state index contributed by atoms with van der Waals surface area (Å²) in [5.74, 6) is 0. The van der Waals surface area contributed by atoms with Crippen LogP contribution in [0.5, 0.6) is 0 Å². The highest BCUT2D eigenvalue weighted by atomic mass is 127. The molecule has 2 heterocycles. The number of rotatable bonds is 3. The van der Waals surface area contributed by atoms with E-state index in [4.69, 9.17) is 11.6 Å². The molecule has 0 amide bonds. The summed E-state index contributed by atoms with van der Waals surface area (Å²) in [6.07, 6.45) is 3.31. The highest BCUT2D eigenvalue weighted by Gasteiger charge is 2.41. The Morgan fingerprint density at radius 1 is 1.47 bits per heavy atom. The van der Waals surface area contributed by atoms with Gasteiger partial charge in [-0.05, 0) is 54.5 Å². The molecule has 0 spiro atoms. The summed E-state index contributed by atoms with van der Waals surface area (Å²) in [5, 5.41) is 0.328. The number of sulfonamides is 1. The van der Waals surface area contributed by atoms with Crippen LogP contribution in [0.3, 0.4) is 0 Å². The van der Waals surface area contributed by atoms with Crippen LogP contribution < -0.4 is 4.72 Å². The molecule has 1 fully saturated rings. The molecule has 0 radical (unpaired) electrons. The second-order valence-corrected chi connectivity index (χ2v) is 8.06.